The summed E-state index contributed by atoms with van der Waals surface area (Å²) in [6, 6.07) is 1.58. The van der Waals surface area contributed by atoms with Crippen LogP contribution in [0.3, 0.4) is 0 Å². The van der Waals surface area contributed by atoms with Gasteiger partial charge in [-0.15, -0.1) is 0 Å². The van der Waals surface area contributed by atoms with E-state index >= 15 is 0 Å². The summed E-state index contributed by atoms with van der Waals surface area (Å²) in [4.78, 5) is 10.7. The molecule has 0 amide bonds. The molecular weight excluding hydrogens is 253 g/mol. The summed E-state index contributed by atoms with van der Waals surface area (Å²) in [7, 11) is 1.38. The van der Waals surface area contributed by atoms with E-state index in [9.17, 15) is 4.39 Å². The van der Waals surface area contributed by atoms with Gasteiger partial charge in [-0.3, -0.25) is 0 Å². The van der Waals surface area contributed by atoms with Crippen molar-refractivity contribution in [3.05, 3.63) is 34.6 Å². The fourth-order valence-corrected chi connectivity index (χ4v) is 2.05. The molecule has 4 nitrogen and oxygen atoms in total. The van der Waals surface area contributed by atoms with Gasteiger partial charge in [0.25, 0.3) is 5.88 Å². The minimum Gasteiger partial charge on any atom is -0.479 e. The molecule has 1 N–H and O–H groups in total. The SMILES string of the molecule is CCc1c(-c2ccnc(OC)c2F)[nH]cnc1=S. The standard InChI is InChI=1S/C12H12FN3OS/c1-3-7-10(15-6-16-12(7)18)8-4-5-14-11(17-2)9(8)13/h4-6H,3H2,1-2H3,(H,15,16,18). The van der Waals surface area contributed by atoms with Crippen molar-refractivity contribution in [2.24, 2.45) is 0 Å². The van der Waals surface area contributed by atoms with Gasteiger partial charge in [0.2, 0.25) is 0 Å². The Morgan fingerprint density at radius 3 is 2.89 bits per heavy atom. The molecule has 0 unspecified atom stereocenters. The maximum absolute atomic E-state index is 14.1. The average Bonchev–Trinajstić information content (AvgIpc) is 2.39. The number of hydrogen-bond acceptors (Lipinski definition) is 4. The molecular formula is C12H12FN3OS. The average molecular weight is 265 g/mol. The van der Waals surface area contributed by atoms with Gasteiger partial charge in [0.1, 0.15) is 4.64 Å². The monoisotopic (exact) mass is 265 g/mol. The third-order valence-electron chi connectivity index (χ3n) is 2.62. The van der Waals surface area contributed by atoms with Gasteiger partial charge in [0.05, 0.1) is 19.1 Å². The van der Waals surface area contributed by atoms with Gasteiger partial charge in [-0.2, -0.15) is 0 Å². The first-order chi connectivity index (χ1) is 8.69. The lowest BCUT2D eigenvalue weighted by molar-refractivity contribution is 0.370. The topological polar surface area (TPSA) is 50.8 Å². The summed E-state index contributed by atoms with van der Waals surface area (Å²) in [6.07, 6.45) is 3.62. The minimum atomic E-state index is -0.508. The Labute approximate surface area is 109 Å². The fraction of sp³-hybridized carbons (Fsp3) is 0.250. The van der Waals surface area contributed by atoms with E-state index in [1.807, 2.05) is 6.92 Å². The molecule has 0 atom stereocenters. The van der Waals surface area contributed by atoms with Crippen molar-refractivity contribution >= 4 is 12.2 Å². The Bertz CT molecular complexity index is 627. The van der Waals surface area contributed by atoms with Gasteiger partial charge in [-0.1, -0.05) is 19.1 Å². The summed E-state index contributed by atoms with van der Waals surface area (Å²) >= 11 is 5.14. The van der Waals surface area contributed by atoms with Gasteiger partial charge >= 0.3 is 0 Å². The van der Waals surface area contributed by atoms with Crippen LogP contribution in [-0.4, -0.2) is 22.1 Å². The second-order valence-corrected chi connectivity index (χ2v) is 3.98. The van der Waals surface area contributed by atoms with Crippen molar-refractivity contribution in [1.82, 2.24) is 15.0 Å². The third-order valence-corrected chi connectivity index (χ3v) is 2.98. The second kappa shape index (κ2) is 5.22. The molecule has 0 aliphatic carbocycles. The minimum absolute atomic E-state index is 0.0364. The summed E-state index contributed by atoms with van der Waals surface area (Å²) < 4.78 is 19.5. The Balaban J connectivity index is 2.70. The van der Waals surface area contributed by atoms with E-state index in [4.69, 9.17) is 17.0 Å². The molecule has 0 saturated carbocycles. The van der Waals surface area contributed by atoms with Crippen molar-refractivity contribution in [3.8, 4) is 17.1 Å². The van der Waals surface area contributed by atoms with Crippen molar-refractivity contribution in [2.45, 2.75) is 13.3 Å². The lowest BCUT2D eigenvalue weighted by atomic mass is 10.1. The summed E-state index contributed by atoms with van der Waals surface area (Å²) in [6.45, 7) is 1.94. The first-order valence-electron chi connectivity index (χ1n) is 5.44. The number of aromatic nitrogens is 3. The van der Waals surface area contributed by atoms with E-state index in [1.165, 1.54) is 19.6 Å². The smallest absolute Gasteiger partial charge is 0.250 e. The maximum Gasteiger partial charge on any atom is 0.250 e. The summed E-state index contributed by atoms with van der Waals surface area (Å²) in [5.41, 5.74) is 1.81. The molecule has 2 rings (SSSR count). The number of H-pyrrole nitrogens is 1. The Kier molecular flexibility index (Phi) is 3.66. The third kappa shape index (κ3) is 2.11. The van der Waals surface area contributed by atoms with Crippen LogP contribution in [0.25, 0.3) is 11.3 Å². The predicted molar refractivity (Wildman–Crippen MR) is 68.5 cm³/mol. The molecule has 2 heterocycles. The zero-order valence-corrected chi connectivity index (χ0v) is 10.8. The molecule has 0 fully saturated rings. The van der Waals surface area contributed by atoms with Crippen LogP contribution in [0, 0.1) is 10.5 Å². The van der Waals surface area contributed by atoms with Crippen molar-refractivity contribution in [1.29, 1.82) is 0 Å². The molecule has 0 aliphatic rings. The van der Waals surface area contributed by atoms with Gasteiger partial charge in [0, 0.05) is 17.3 Å². The summed E-state index contributed by atoms with van der Waals surface area (Å²) in [5.74, 6) is -0.544. The number of ether oxygens (including phenoxy) is 1. The molecule has 94 valence electrons. The Hall–Kier alpha value is -1.82. The van der Waals surface area contributed by atoms with Crippen LogP contribution in [-0.2, 0) is 6.42 Å². The lowest BCUT2D eigenvalue weighted by Crippen LogP contribution is -2.00. The largest absolute Gasteiger partial charge is 0.479 e. The highest BCUT2D eigenvalue weighted by molar-refractivity contribution is 7.71. The number of nitrogens with zero attached hydrogens (tertiary/aromatic N) is 2. The van der Waals surface area contributed by atoms with E-state index in [0.717, 1.165) is 5.56 Å². The first-order valence-corrected chi connectivity index (χ1v) is 5.85. The van der Waals surface area contributed by atoms with Crippen molar-refractivity contribution in [2.75, 3.05) is 7.11 Å². The van der Waals surface area contributed by atoms with Crippen molar-refractivity contribution in [3.63, 3.8) is 0 Å². The zero-order valence-electron chi connectivity index (χ0n) is 10.0. The number of hydrogen-bond donors (Lipinski definition) is 1. The highest BCUT2D eigenvalue weighted by atomic mass is 32.1. The molecule has 0 bridgehead atoms. The Morgan fingerprint density at radius 2 is 2.22 bits per heavy atom. The lowest BCUT2D eigenvalue weighted by Gasteiger charge is -2.10. The van der Waals surface area contributed by atoms with E-state index < -0.39 is 5.82 Å². The van der Waals surface area contributed by atoms with E-state index in [2.05, 4.69) is 15.0 Å². The quantitative estimate of drug-likeness (QED) is 0.867. The normalized spacial score (nSPS) is 10.4. The predicted octanol–water partition coefficient (Wildman–Crippen LogP) is 2.91. The van der Waals surface area contributed by atoms with E-state index in [0.29, 0.717) is 22.3 Å². The van der Waals surface area contributed by atoms with Crippen LogP contribution >= 0.6 is 12.2 Å². The first kappa shape index (κ1) is 12.6. The van der Waals surface area contributed by atoms with Crippen LogP contribution in [0.4, 0.5) is 4.39 Å². The molecule has 18 heavy (non-hydrogen) atoms. The molecule has 0 spiro atoms. The number of methoxy groups -OCH3 is 1. The maximum atomic E-state index is 14.1. The highest BCUT2D eigenvalue weighted by Crippen LogP contribution is 2.28. The van der Waals surface area contributed by atoms with Crippen LogP contribution in [0.15, 0.2) is 18.6 Å². The van der Waals surface area contributed by atoms with Crippen LogP contribution < -0.4 is 4.74 Å². The number of halogens is 1. The molecule has 0 aliphatic heterocycles. The molecule has 6 heteroatoms. The van der Waals surface area contributed by atoms with E-state index in [1.54, 1.807) is 6.07 Å². The summed E-state index contributed by atoms with van der Waals surface area (Å²) in [5, 5.41) is 0. The second-order valence-electron chi connectivity index (χ2n) is 3.60. The van der Waals surface area contributed by atoms with Crippen LogP contribution in [0.2, 0.25) is 0 Å². The molecule has 0 radical (unpaired) electrons. The van der Waals surface area contributed by atoms with E-state index in [-0.39, 0.29) is 5.88 Å². The molecule has 2 aromatic heterocycles. The van der Waals surface area contributed by atoms with Crippen LogP contribution in [0.1, 0.15) is 12.5 Å². The zero-order chi connectivity index (χ0) is 13.1. The van der Waals surface area contributed by atoms with Gasteiger partial charge < -0.3 is 9.72 Å². The van der Waals surface area contributed by atoms with Gasteiger partial charge in [0.15, 0.2) is 5.82 Å². The number of pyridine rings is 1. The Morgan fingerprint density at radius 1 is 1.44 bits per heavy atom. The van der Waals surface area contributed by atoms with Crippen LogP contribution in [0.5, 0.6) is 5.88 Å². The molecule has 0 aromatic carbocycles. The van der Waals surface area contributed by atoms with Gasteiger partial charge in [-0.05, 0) is 12.5 Å². The number of rotatable bonds is 3. The molecule has 2 aromatic rings. The number of aromatic amines is 1. The van der Waals surface area contributed by atoms with Crippen molar-refractivity contribution < 1.29 is 9.13 Å². The highest BCUT2D eigenvalue weighted by Gasteiger charge is 2.15. The van der Waals surface area contributed by atoms with Gasteiger partial charge in [-0.25, -0.2) is 14.4 Å². The fourth-order valence-electron chi connectivity index (χ4n) is 1.76. The number of nitrogens with one attached hydrogen (secondary N) is 1. The molecule has 0 saturated heterocycles.